The molecule has 154 valence electrons. The van der Waals surface area contributed by atoms with Crippen molar-refractivity contribution in [3.05, 3.63) is 84.5 Å². The first-order valence-corrected chi connectivity index (χ1v) is 8.77. The van der Waals surface area contributed by atoms with Crippen LogP contribution < -0.4 is 14.2 Å². The number of carbonyl (C=O) groups excluding carboxylic acids is 3. The molecule has 0 saturated heterocycles. The van der Waals surface area contributed by atoms with Crippen LogP contribution >= 0.6 is 0 Å². The van der Waals surface area contributed by atoms with Gasteiger partial charge in [-0.15, -0.1) is 0 Å². The Labute approximate surface area is 173 Å². The van der Waals surface area contributed by atoms with Gasteiger partial charge in [0.2, 0.25) is 0 Å². The molecule has 0 unspecified atom stereocenters. The van der Waals surface area contributed by atoms with Gasteiger partial charge in [0.05, 0.1) is 12.2 Å². The molecule has 0 heterocycles. The molecule has 0 spiro atoms. The average molecular weight is 408 g/mol. The number of esters is 3. The zero-order chi connectivity index (χ0) is 22.1. The molecule has 7 nitrogen and oxygen atoms in total. The first kappa shape index (κ1) is 22.3. The first-order valence-electron chi connectivity index (χ1n) is 8.77. The summed E-state index contributed by atoms with van der Waals surface area (Å²) < 4.78 is 15.2. The molecule has 2 rings (SSSR count). The minimum Gasteiger partial charge on any atom is -0.423 e. The Kier molecular flexibility index (Phi) is 7.84. The standard InChI is InChI=1S/C23H20O7/c1-15(2)22(26)29-19-7-4-17(5-8-19)6-13-21(25)28-18-9-11-20(12-10-18)30-23(27)16(3)14-24/h4-13,24H,1,3,14H2,2H3/b13-6+. The van der Waals surface area contributed by atoms with Crippen LogP contribution in [0.1, 0.15) is 12.5 Å². The van der Waals surface area contributed by atoms with Gasteiger partial charge in [-0.1, -0.05) is 25.3 Å². The predicted molar refractivity (Wildman–Crippen MR) is 110 cm³/mol. The fourth-order valence-corrected chi connectivity index (χ4v) is 1.98. The summed E-state index contributed by atoms with van der Waals surface area (Å²) in [5.74, 6) is -1.02. The second-order valence-corrected chi connectivity index (χ2v) is 6.12. The van der Waals surface area contributed by atoms with E-state index >= 15 is 0 Å². The highest BCUT2D eigenvalue weighted by Crippen LogP contribution is 2.19. The van der Waals surface area contributed by atoms with Crippen LogP contribution in [0.3, 0.4) is 0 Å². The van der Waals surface area contributed by atoms with E-state index in [4.69, 9.17) is 19.3 Å². The first-order chi connectivity index (χ1) is 14.3. The van der Waals surface area contributed by atoms with Crippen molar-refractivity contribution in [2.75, 3.05) is 6.61 Å². The summed E-state index contributed by atoms with van der Waals surface area (Å²) in [5.41, 5.74) is 0.926. The topological polar surface area (TPSA) is 99.1 Å². The zero-order valence-corrected chi connectivity index (χ0v) is 16.3. The molecule has 7 heteroatoms. The summed E-state index contributed by atoms with van der Waals surface area (Å²) in [7, 11) is 0. The van der Waals surface area contributed by atoms with E-state index in [0.717, 1.165) is 0 Å². The number of aliphatic hydroxyl groups excluding tert-OH is 1. The molecule has 0 atom stereocenters. The van der Waals surface area contributed by atoms with Gasteiger partial charge in [0.15, 0.2) is 0 Å². The lowest BCUT2D eigenvalue weighted by atomic mass is 10.2. The van der Waals surface area contributed by atoms with Crippen LogP contribution in [0, 0.1) is 0 Å². The van der Waals surface area contributed by atoms with Crippen LogP contribution in [0.2, 0.25) is 0 Å². The molecule has 2 aromatic carbocycles. The van der Waals surface area contributed by atoms with E-state index in [9.17, 15) is 14.4 Å². The maximum Gasteiger partial charge on any atom is 0.341 e. The van der Waals surface area contributed by atoms with E-state index in [2.05, 4.69) is 13.2 Å². The van der Waals surface area contributed by atoms with Crippen molar-refractivity contribution in [3.63, 3.8) is 0 Å². The van der Waals surface area contributed by atoms with Crippen LogP contribution in [0.4, 0.5) is 0 Å². The molecule has 30 heavy (non-hydrogen) atoms. The summed E-state index contributed by atoms with van der Waals surface area (Å²) in [4.78, 5) is 34.9. The largest absolute Gasteiger partial charge is 0.423 e. The van der Waals surface area contributed by atoms with Crippen molar-refractivity contribution >= 4 is 24.0 Å². The van der Waals surface area contributed by atoms with E-state index in [1.54, 1.807) is 37.3 Å². The monoisotopic (exact) mass is 408 g/mol. The molecule has 2 aromatic rings. The number of rotatable bonds is 8. The third-order valence-corrected chi connectivity index (χ3v) is 3.58. The minimum atomic E-state index is -0.745. The Morgan fingerprint density at radius 1 is 0.833 bits per heavy atom. The number of hydrogen-bond donors (Lipinski definition) is 1. The van der Waals surface area contributed by atoms with Gasteiger partial charge in [0.1, 0.15) is 17.2 Å². The number of hydrogen-bond acceptors (Lipinski definition) is 7. The van der Waals surface area contributed by atoms with Gasteiger partial charge in [-0.05, 0) is 55.0 Å². The van der Waals surface area contributed by atoms with Crippen molar-refractivity contribution in [3.8, 4) is 17.2 Å². The van der Waals surface area contributed by atoms with E-state index in [0.29, 0.717) is 16.9 Å². The number of benzene rings is 2. The summed E-state index contributed by atoms with van der Waals surface area (Å²) in [5, 5.41) is 8.84. The Morgan fingerprint density at radius 3 is 1.80 bits per heavy atom. The van der Waals surface area contributed by atoms with E-state index < -0.39 is 24.5 Å². The van der Waals surface area contributed by atoms with Crippen molar-refractivity contribution in [1.82, 2.24) is 0 Å². The average Bonchev–Trinajstić information content (AvgIpc) is 2.73. The number of carbonyl (C=O) groups is 3. The predicted octanol–water partition coefficient (Wildman–Crippen LogP) is 3.24. The molecule has 0 fully saturated rings. The molecular formula is C23H20O7. The molecule has 0 aromatic heterocycles. The Bertz CT molecular complexity index is 983. The lowest BCUT2D eigenvalue weighted by molar-refractivity contribution is -0.131. The molecule has 0 bridgehead atoms. The molecule has 0 aliphatic rings. The van der Waals surface area contributed by atoms with Crippen LogP contribution in [0.5, 0.6) is 17.2 Å². The highest BCUT2D eigenvalue weighted by molar-refractivity contribution is 5.90. The Hall–Kier alpha value is -3.97. The third-order valence-electron chi connectivity index (χ3n) is 3.58. The molecular weight excluding hydrogens is 388 g/mol. The van der Waals surface area contributed by atoms with Crippen LogP contribution in [0.15, 0.2) is 78.9 Å². The quantitative estimate of drug-likeness (QED) is 0.407. The van der Waals surface area contributed by atoms with E-state index in [-0.39, 0.29) is 17.1 Å². The van der Waals surface area contributed by atoms with Crippen molar-refractivity contribution < 1.29 is 33.7 Å². The molecule has 0 radical (unpaired) electrons. The molecule has 0 saturated carbocycles. The Morgan fingerprint density at radius 2 is 1.30 bits per heavy atom. The maximum atomic E-state index is 12.0. The normalized spacial score (nSPS) is 10.3. The highest BCUT2D eigenvalue weighted by atomic mass is 16.5. The van der Waals surface area contributed by atoms with Crippen molar-refractivity contribution in [1.29, 1.82) is 0 Å². The number of aliphatic hydroxyl groups is 1. The molecule has 0 aliphatic heterocycles. The van der Waals surface area contributed by atoms with Crippen LogP contribution in [-0.2, 0) is 14.4 Å². The zero-order valence-electron chi connectivity index (χ0n) is 16.3. The summed E-state index contributed by atoms with van der Waals surface area (Å²) in [6.45, 7) is 7.94. The molecule has 1 N–H and O–H groups in total. The number of ether oxygens (including phenoxy) is 3. The lowest BCUT2D eigenvalue weighted by Crippen LogP contribution is -2.12. The second kappa shape index (κ2) is 10.5. The summed E-state index contributed by atoms with van der Waals surface area (Å²) in [6, 6.07) is 12.3. The van der Waals surface area contributed by atoms with Crippen molar-refractivity contribution in [2.24, 2.45) is 0 Å². The lowest BCUT2D eigenvalue weighted by Gasteiger charge is -2.06. The molecule has 0 amide bonds. The fraction of sp³-hybridized carbons (Fsp3) is 0.0870. The second-order valence-electron chi connectivity index (χ2n) is 6.12. The third kappa shape index (κ3) is 6.88. The van der Waals surface area contributed by atoms with Gasteiger partial charge < -0.3 is 19.3 Å². The SMILES string of the molecule is C=C(C)C(=O)Oc1ccc(/C=C/C(=O)Oc2ccc(OC(=O)C(=C)CO)cc2)cc1. The van der Waals surface area contributed by atoms with Crippen LogP contribution in [-0.4, -0.2) is 29.6 Å². The van der Waals surface area contributed by atoms with Gasteiger partial charge in [-0.25, -0.2) is 14.4 Å². The van der Waals surface area contributed by atoms with E-state index in [1.165, 1.54) is 30.3 Å². The van der Waals surface area contributed by atoms with Gasteiger partial charge in [-0.3, -0.25) is 0 Å². The minimum absolute atomic E-state index is 0.0716. The Balaban J connectivity index is 1.90. The summed E-state index contributed by atoms with van der Waals surface area (Å²) >= 11 is 0. The van der Waals surface area contributed by atoms with Gasteiger partial charge in [0, 0.05) is 11.6 Å². The smallest absolute Gasteiger partial charge is 0.341 e. The molecule has 0 aliphatic carbocycles. The fourth-order valence-electron chi connectivity index (χ4n) is 1.98. The summed E-state index contributed by atoms with van der Waals surface area (Å²) in [6.07, 6.45) is 2.79. The van der Waals surface area contributed by atoms with Crippen molar-refractivity contribution in [2.45, 2.75) is 6.92 Å². The van der Waals surface area contributed by atoms with Gasteiger partial charge in [-0.2, -0.15) is 0 Å². The van der Waals surface area contributed by atoms with E-state index in [1.807, 2.05) is 0 Å². The van der Waals surface area contributed by atoms with Crippen LogP contribution in [0.25, 0.3) is 6.08 Å². The highest BCUT2D eigenvalue weighted by Gasteiger charge is 2.09. The van der Waals surface area contributed by atoms with Gasteiger partial charge in [0.25, 0.3) is 0 Å². The van der Waals surface area contributed by atoms with Gasteiger partial charge >= 0.3 is 17.9 Å². The maximum absolute atomic E-state index is 12.0.